The van der Waals surface area contributed by atoms with E-state index in [0.29, 0.717) is 6.61 Å². The third-order valence-electron chi connectivity index (χ3n) is 8.69. The standard InChI is InChI=1S/C32H46O/c1-3-5-6-7-25-8-10-26(11-9-25)12-13-27-14-16-28(17-15-27)29-18-19-31-24-32(33-22-4-2)21-20-30(31)23-29/h4,18-21,23-28H,2-3,5-17,22H2,1H3. The average Bonchev–Trinajstić information content (AvgIpc) is 2.87. The highest BCUT2D eigenvalue weighted by atomic mass is 16.5. The minimum absolute atomic E-state index is 0.563. The Labute approximate surface area is 203 Å². The summed E-state index contributed by atoms with van der Waals surface area (Å²) in [5.74, 6) is 4.75. The largest absolute Gasteiger partial charge is 0.490 e. The fourth-order valence-electron chi connectivity index (χ4n) is 6.49. The van der Waals surface area contributed by atoms with Crippen molar-refractivity contribution < 1.29 is 4.74 Å². The molecule has 0 spiro atoms. The van der Waals surface area contributed by atoms with E-state index in [1.165, 1.54) is 101 Å². The average molecular weight is 447 g/mol. The Balaban J connectivity index is 1.19. The maximum absolute atomic E-state index is 5.70. The maximum Gasteiger partial charge on any atom is 0.120 e. The molecule has 0 atom stereocenters. The van der Waals surface area contributed by atoms with Crippen molar-refractivity contribution in [3.05, 3.63) is 54.6 Å². The van der Waals surface area contributed by atoms with Crippen molar-refractivity contribution in [2.24, 2.45) is 17.8 Å². The topological polar surface area (TPSA) is 9.23 Å². The van der Waals surface area contributed by atoms with Crippen molar-refractivity contribution in [1.29, 1.82) is 0 Å². The van der Waals surface area contributed by atoms with Crippen molar-refractivity contribution in [3.8, 4) is 5.75 Å². The van der Waals surface area contributed by atoms with Gasteiger partial charge in [0.15, 0.2) is 0 Å². The molecule has 180 valence electrons. The van der Waals surface area contributed by atoms with Crippen LogP contribution in [0, 0.1) is 17.8 Å². The van der Waals surface area contributed by atoms with Crippen LogP contribution >= 0.6 is 0 Å². The van der Waals surface area contributed by atoms with E-state index in [1.54, 1.807) is 11.6 Å². The zero-order chi connectivity index (χ0) is 22.9. The van der Waals surface area contributed by atoms with E-state index in [-0.39, 0.29) is 0 Å². The lowest BCUT2D eigenvalue weighted by atomic mass is 9.74. The van der Waals surface area contributed by atoms with Crippen LogP contribution in [0.3, 0.4) is 0 Å². The van der Waals surface area contributed by atoms with E-state index in [1.807, 2.05) is 0 Å². The van der Waals surface area contributed by atoms with Crippen LogP contribution in [0.4, 0.5) is 0 Å². The number of hydrogen-bond acceptors (Lipinski definition) is 1. The molecule has 2 saturated carbocycles. The van der Waals surface area contributed by atoms with Gasteiger partial charge in [-0.15, -0.1) is 0 Å². The minimum atomic E-state index is 0.563. The Kier molecular flexibility index (Phi) is 9.33. The first-order valence-electron chi connectivity index (χ1n) is 14.0. The molecule has 0 N–H and O–H groups in total. The number of hydrogen-bond donors (Lipinski definition) is 0. The SMILES string of the molecule is C=CCOc1ccc2cc(C3CCC(CCC4CCC(CCCCC)CC4)CC3)ccc2c1. The molecule has 1 heteroatoms. The van der Waals surface area contributed by atoms with Crippen molar-refractivity contribution >= 4 is 10.8 Å². The maximum atomic E-state index is 5.70. The molecule has 0 aliphatic heterocycles. The Hall–Kier alpha value is -1.76. The van der Waals surface area contributed by atoms with E-state index in [2.05, 4.69) is 49.9 Å². The van der Waals surface area contributed by atoms with Gasteiger partial charge < -0.3 is 4.74 Å². The Morgan fingerprint density at radius 2 is 1.36 bits per heavy atom. The van der Waals surface area contributed by atoms with Crippen LogP contribution in [0.2, 0.25) is 0 Å². The van der Waals surface area contributed by atoms with Crippen molar-refractivity contribution in [3.63, 3.8) is 0 Å². The molecule has 0 bridgehead atoms. The van der Waals surface area contributed by atoms with Gasteiger partial charge in [0.1, 0.15) is 12.4 Å². The highest BCUT2D eigenvalue weighted by Crippen LogP contribution is 2.41. The molecule has 1 nitrogen and oxygen atoms in total. The van der Waals surface area contributed by atoms with Crippen LogP contribution in [0.25, 0.3) is 10.8 Å². The summed E-state index contributed by atoms with van der Waals surface area (Å²) in [5.41, 5.74) is 1.54. The van der Waals surface area contributed by atoms with Gasteiger partial charge in [0.2, 0.25) is 0 Å². The molecule has 2 aromatic carbocycles. The Morgan fingerprint density at radius 1 is 0.758 bits per heavy atom. The van der Waals surface area contributed by atoms with Crippen LogP contribution < -0.4 is 4.74 Å². The number of ether oxygens (including phenoxy) is 1. The van der Waals surface area contributed by atoms with Crippen molar-refractivity contribution in [1.82, 2.24) is 0 Å². The van der Waals surface area contributed by atoms with Gasteiger partial charge >= 0.3 is 0 Å². The molecule has 2 fully saturated rings. The zero-order valence-electron chi connectivity index (χ0n) is 21.1. The highest BCUT2D eigenvalue weighted by Gasteiger charge is 2.25. The quantitative estimate of drug-likeness (QED) is 0.246. The van der Waals surface area contributed by atoms with Crippen LogP contribution in [-0.2, 0) is 0 Å². The Bertz CT molecular complexity index is 852. The smallest absolute Gasteiger partial charge is 0.120 e. The van der Waals surface area contributed by atoms with E-state index in [9.17, 15) is 0 Å². The lowest BCUT2D eigenvalue weighted by molar-refractivity contribution is 0.222. The van der Waals surface area contributed by atoms with Gasteiger partial charge in [-0.3, -0.25) is 0 Å². The number of unbranched alkanes of at least 4 members (excludes halogenated alkanes) is 2. The van der Waals surface area contributed by atoms with Gasteiger partial charge in [0.25, 0.3) is 0 Å². The summed E-state index contributed by atoms with van der Waals surface area (Å²) in [7, 11) is 0. The summed E-state index contributed by atoms with van der Waals surface area (Å²) >= 11 is 0. The third kappa shape index (κ3) is 7.11. The molecule has 0 amide bonds. The molecule has 0 saturated heterocycles. The third-order valence-corrected chi connectivity index (χ3v) is 8.69. The summed E-state index contributed by atoms with van der Waals surface area (Å²) in [5, 5.41) is 2.61. The molecular formula is C32H46O. The van der Waals surface area contributed by atoms with Crippen LogP contribution in [-0.4, -0.2) is 6.61 Å². The molecule has 2 aliphatic rings. The summed E-state index contributed by atoms with van der Waals surface area (Å²) < 4.78 is 5.70. The molecule has 0 radical (unpaired) electrons. The van der Waals surface area contributed by atoms with Crippen LogP contribution in [0.5, 0.6) is 5.75 Å². The van der Waals surface area contributed by atoms with Gasteiger partial charge in [0.05, 0.1) is 0 Å². The molecule has 2 aromatic rings. The first kappa shape index (κ1) is 24.4. The molecular weight excluding hydrogens is 400 g/mol. The lowest BCUT2D eigenvalue weighted by Gasteiger charge is -2.32. The lowest BCUT2D eigenvalue weighted by Crippen LogP contribution is -2.17. The first-order chi connectivity index (χ1) is 16.2. The van der Waals surface area contributed by atoms with E-state index in [4.69, 9.17) is 4.74 Å². The van der Waals surface area contributed by atoms with Gasteiger partial charge in [0, 0.05) is 0 Å². The normalized spacial score (nSPS) is 25.7. The summed E-state index contributed by atoms with van der Waals surface area (Å²) in [4.78, 5) is 0. The van der Waals surface area contributed by atoms with Crippen molar-refractivity contribution in [2.45, 2.75) is 103 Å². The van der Waals surface area contributed by atoms with E-state index >= 15 is 0 Å². The number of fused-ring (bicyclic) bond motifs is 1. The van der Waals surface area contributed by atoms with Gasteiger partial charge in [-0.05, 0) is 77.8 Å². The van der Waals surface area contributed by atoms with Crippen molar-refractivity contribution in [2.75, 3.05) is 6.61 Å². The minimum Gasteiger partial charge on any atom is -0.490 e. The molecule has 4 rings (SSSR count). The van der Waals surface area contributed by atoms with Crippen LogP contribution in [0.15, 0.2) is 49.1 Å². The van der Waals surface area contributed by atoms with Gasteiger partial charge in [-0.2, -0.15) is 0 Å². The Morgan fingerprint density at radius 3 is 2.03 bits per heavy atom. The predicted molar refractivity (Wildman–Crippen MR) is 143 cm³/mol. The second kappa shape index (κ2) is 12.6. The summed E-state index contributed by atoms with van der Waals surface area (Å²) in [6.45, 7) is 6.62. The predicted octanol–water partition coefficient (Wildman–Crippen LogP) is 9.85. The number of benzene rings is 2. The van der Waals surface area contributed by atoms with E-state index in [0.717, 1.165) is 29.4 Å². The van der Waals surface area contributed by atoms with Gasteiger partial charge in [-0.1, -0.05) is 108 Å². The second-order valence-electron chi connectivity index (χ2n) is 11.0. The van der Waals surface area contributed by atoms with Crippen LogP contribution in [0.1, 0.15) is 108 Å². The molecule has 2 aliphatic carbocycles. The first-order valence-corrected chi connectivity index (χ1v) is 14.0. The number of rotatable bonds is 11. The summed E-state index contributed by atoms with van der Waals surface area (Å²) in [6.07, 6.45) is 22.3. The fraction of sp³-hybridized carbons (Fsp3) is 0.625. The molecule has 33 heavy (non-hydrogen) atoms. The molecule has 0 unspecified atom stereocenters. The molecule has 0 aromatic heterocycles. The molecule has 0 heterocycles. The fourth-order valence-corrected chi connectivity index (χ4v) is 6.49. The second-order valence-corrected chi connectivity index (χ2v) is 11.0. The zero-order valence-corrected chi connectivity index (χ0v) is 21.1. The summed E-state index contributed by atoms with van der Waals surface area (Å²) in [6, 6.07) is 13.5. The van der Waals surface area contributed by atoms with Gasteiger partial charge in [-0.25, -0.2) is 0 Å². The monoisotopic (exact) mass is 446 g/mol. The van der Waals surface area contributed by atoms with E-state index < -0.39 is 0 Å². The highest BCUT2D eigenvalue weighted by molar-refractivity contribution is 5.84.